The van der Waals surface area contributed by atoms with Gasteiger partial charge in [-0.1, -0.05) is 18.2 Å². The number of phenolic OH excluding ortho intramolecular Hbond substituents is 1. The molecule has 2 aromatic rings. The van der Waals surface area contributed by atoms with E-state index in [0.29, 0.717) is 17.8 Å². The van der Waals surface area contributed by atoms with Gasteiger partial charge in [-0.15, -0.1) is 0 Å². The molecule has 26 heavy (non-hydrogen) atoms. The van der Waals surface area contributed by atoms with Crippen LogP contribution in [0.15, 0.2) is 65.6 Å². The molecular weight excluding hydrogens is 332 g/mol. The maximum atomic E-state index is 13.0. The van der Waals surface area contributed by atoms with Gasteiger partial charge in [-0.25, -0.2) is 4.79 Å². The molecule has 0 atom stereocenters. The zero-order valence-electron chi connectivity index (χ0n) is 14.5. The highest BCUT2D eigenvalue weighted by Crippen LogP contribution is 2.33. The standard InChI is InChI=1S/C20H18N2O4/c1-13-18(20(25)26-2)17(10-14-5-3-7-16(23)9-14)19(24)22(13)12-15-6-4-8-21-11-15/h3-11,23H,12H2,1-2H3/b17-10-. The zero-order chi connectivity index (χ0) is 18.7. The number of ether oxygens (including phenoxy) is 1. The molecule has 0 unspecified atom stereocenters. The number of hydrogen-bond acceptors (Lipinski definition) is 5. The molecule has 6 nitrogen and oxygen atoms in total. The van der Waals surface area contributed by atoms with Crippen molar-refractivity contribution in [2.75, 3.05) is 7.11 Å². The number of esters is 1. The van der Waals surface area contributed by atoms with E-state index in [2.05, 4.69) is 4.98 Å². The van der Waals surface area contributed by atoms with Crippen LogP contribution in [0.4, 0.5) is 0 Å². The fourth-order valence-electron chi connectivity index (χ4n) is 2.87. The number of carbonyl (C=O) groups excluding carboxylic acids is 2. The normalized spacial score (nSPS) is 15.7. The predicted octanol–water partition coefficient (Wildman–Crippen LogP) is 2.66. The minimum absolute atomic E-state index is 0.0809. The summed E-state index contributed by atoms with van der Waals surface area (Å²) in [5, 5.41) is 9.64. The molecule has 3 rings (SSSR count). The number of nitrogens with zero attached hydrogens (tertiary/aromatic N) is 2. The van der Waals surface area contributed by atoms with Crippen LogP contribution in [0.2, 0.25) is 0 Å². The van der Waals surface area contributed by atoms with Crippen molar-refractivity contribution < 1.29 is 19.4 Å². The van der Waals surface area contributed by atoms with Gasteiger partial charge in [0.25, 0.3) is 5.91 Å². The van der Waals surface area contributed by atoms with Gasteiger partial charge in [-0.3, -0.25) is 9.78 Å². The van der Waals surface area contributed by atoms with Gasteiger partial charge in [0.2, 0.25) is 0 Å². The van der Waals surface area contributed by atoms with Crippen molar-refractivity contribution >= 4 is 18.0 Å². The van der Waals surface area contributed by atoms with Crippen LogP contribution in [0, 0.1) is 0 Å². The maximum absolute atomic E-state index is 13.0. The lowest BCUT2D eigenvalue weighted by Gasteiger charge is -2.17. The molecule has 132 valence electrons. The van der Waals surface area contributed by atoms with E-state index in [4.69, 9.17) is 4.74 Å². The Morgan fingerprint density at radius 2 is 2.12 bits per heavy atom. The number of pyridine rings is 1. The molecule has 0 saturated heterocycles. The van der Waals surface area contributed by atoms with E-state index in [9.17, 15) is 14.7 Å². The van der Waals surface area contributed by atoms with Gasteiger partial charge in [0, 0.05) is 18.1 Å². The second-order valence-corrected chi connectivity index (χ2v) is 5.86. The van der Waals surface area contributed by atoms with Gasteiger partial charge < -0.3 is 14.7 Å². The van der Waals surface area contributed by atoms with Crippen LogP contribution in [0.3, 0.4) is 0 Å². The van der Waals surface area contributed by atoms with E-state index < -0.39 is 5.97 Å². The number of methoxy groups -OCH3 is 1. The molecule has 1 amide bonds. The summed E-state index contributed by atoms with van der Waals surface area (Å²) < 4.78 is 4.86. The van der Waals surface area contributed by atoms with Gasteiger partial charge in [0.1, 0.15) is 5.75 Å². The van der Waals surface area contributed by atoms with Crippen molar-refractivity contribution in [2.45, 2.75) is 13.5 Å². The van der Waals surface area contributed by atoms with Gasteiger partial charge in [0.15, 0.2) is 0 Å². The molecule has 0 spiro atoms. The average molecular weight is 350 g/mol. The molecule has 1 aromatic heterocycles. The number of carbonyl (C=O) groups is 2. The highest BCUT2D eigenvalue weighted by molar-refractivity contribution is 6.16. The van der Waals surface area contributed by atoms with Crippen LogP contribution in [-0.2, 0) is 20.9 Å². The van der Waals surface area contributed by atoms with Crippen LogP contribution < -0.4 is 0 Å². The molecule has 0 fully saturated rings. The Morgan fingerprint density at radius 1 is 1.31 bits per heavy atom. The van der Waals surface area contributed by atoms with Crippen molar-refractivity contribution in [1.29, 1.82) is 0 Å². The summed E-state index contributed by atoms with van der Waals surface area (Å²) in [6, 6.07) is 10.1. The lowest BCUT2D eigenvalue weighted by molar-refractivity contribution is -0.136. The van der Waals surface area contributed by atoms with Crippen molar-refractivity contribution in [3.8, 4) is 5.75 Å². The molecule has 0 radical (unpaired) electrons. The van der Waals surface area contributed by atoms with Crippen molar-refractivity contribution in [1.82, 2.24) is 9.88 Å². The molecule has 2 heterocycles. The van der Waals surface area contributed by atoms with Gasteiger partial charge in [0.05, 0.1) is 24.8 Å². The first-order chi connectivity index (χ1) is 12.5. The van der Waals surface area contributed by atoms with Gasteiger partial charge >= 0.3 is 5.97 Å². The van der Waals surface area contributed by atoms with E-state index in [0.717, 1.165) is 5.56 Å². The third-order valence-electron chi connectivity index (χ3n) is 4.15. The van der Waals surface area contributed by atoms with E-state index in [1.165, 1.54) is 24.1 Å². The van der Waals surface area contributed by atoms with Gasteiger partial charge in [-0.2, -0.15) is 0 Å². The maximum Gasteiger partial charge on any atom is 0.340 e. The number of rotatable bonds is 4. The Bertz CT molecular complexity index is 916. The second kappa shape index (κ2) is 7.23. The molecule has 0 bridgehead atoms. The number of aromatic nitrogens is 1. The van der Waals surface area contributed by atoms with E-state index in [1.54, 1.807) is 43.6 Å². The number of phenols is 1. The Morgan fingerprint density at radius 3 is 2.77 bits per heavy atom. The number of aromatic hydroxyl groups is 1. The molecular formula is C20H18N2O4. The first-order valence-electron chi connectivity index (χ1n) is 8.02. The lowest BCUT2D eigenvalue weighted by atomic mass is 10.0. The summed E-state index contributed by atoms with van der Waals surface area (Å²) in [6.07, 6.45) is 4.92. The highest BCUT2D eigenvalue weighted by atomic mass is 16.5. The zero-order valence-corrected chi connectivity index (χ0v) is 14.5. The van der Waals surface area contributed by atoms with Gasteiger partial charge in [-0.05, 0) is 42.3 Å². The summed E-state index contributed by atoms with van der Waals surface area (Å²) in [7, 11) is 1.28. The summed E-state index contributed by atoms with van der Waals surface area (Å²) in [5.74, 6) is -0.789. The Kier molecular flexibility index (Phi) is 4.84. The van der Waals surface area contributed by atoms with Crippen molar-refractivity contribution in [3.63, 3.8) is 0 Å². The Hall–Kier alpha value is -3.41. The topological polar surface area (TPSA) is 79.7 Å². The molecule has 1 N–H and O–H groups in total. The third kappa shape index (κ3) is 3.35. The second-order valence-electron chi connectivity index (χ2n) is 5.86. The van der Waals surface area contributed by atoms with E-state index in [1.807, 2.05) is 6.07 Å². The SMILES string of the molecule is COC(=O)C1=C(C)N(Cc2cccnc2)C(=O)/C1=C\c1cccc(O)c1. The number of benzene rings is 1. The molecule has 1 aromatic carbocycles. The summed E-state index contributed by atoms with van der Waals surface area (Å²) in [6.45, 7) is 2.01. The largest absolute Gasteiger partial charge is 0.508 e. The summed E-state index contributed by atoms with van der Waals surface area (Å²) >= 11 is 0. The first-order valence-corrected chi connectivity index (χ1v) is 8.02. The van der Waals surface area contributed by atoms with Crippen LogP contribution in [0.5, 0.6) is 5.75 Å². The van der Waals surface area contributed by atoms with E-state index >= 15 is 0 Å². The number of hydrogen-bond donors (Lipinski definition) is 1. The van der Waals surface area contributed by atoms with Crippen LogP contribution in [0.25, 0.3) is 6.08 Å². The molecule has 0 aliphatic carbocycles. The van der Waals surface area contributed by atoms with Crippen LogP contribution in [-0.4, -0.2) is 34.0 Å². The molecule has 1 aliphatic rings. The Balaban J connectivity index is 2.03. The minimum atomic E-state index is -0.573. The summed E-state index contributed by atoms with van der Waals surface area (Å²) in [5.41, 5.74) is 2.46. The first kappa shape index (κ1) is 17.4. The quantitative estimate of drug-likeness (QED) is 0.677. The van der Waals surface area contributed by atoms with Crippen molar-refractivity contribution in [2.24, 2.45) is 0 Å². The third-order valence-corrected chi connectivity index (χ3v) is 4.15. The number of allylic oxidation sites excluding steroid dienone is 1. The average Bonchev–Trinajstić information content (AvgIpc) is 2.86. The molecule has 6 heteroatoms. The fraction of sp³-hybridized carbons (Fsp3) is 0.150. The van der Waals surface area contributed by atoms with Crippen LogP contribution in [0.1, 0.15) is 18.1 Å². The Labute approximate surface area is 151 Å². The molecule has 0 saturated carbocycles. The lowest BCUT2D eigenvalue weighted by Crippen LogP contribution is -2.24. The van der Waals surface area contributed by atoms with E-state index in [-0.39, 0.29) is 22.8 Å². The molecule has 1 aliphatic heterocycles. The monoisotopic (exact) mass is 350 g/mol. The summed E-state index contributed by atoms with van der Waals surface area (Å²) in [4.78, 5) is 30.8. The van der Waals surface area contributed by atoms with Crippen molar-refractivity contribution in [3.05, 3.63) is 76.8 Å². The highest BCUT2D eigenvalue weighted by Gasteiger charge is 2.36. The minimum Gasteiger partial charge on any atom is -0.508 e. The number of amides is 1. The van der Waals surface area contributed by atoms with Crippen LogP contribution >= 0.6 is 0 Å². The predicted molar refractivity (Wildman–Crippen MR) is 95.6 cm³/mol. The fourth-order valence-corrected chi connectivity index (χ4v) is 2.87. The smallest absolute Gasteiger partial charge is 0.340 e.